The zero-order chi connectivity index (χ0) is 13.2. The van der Waals surface area contributed by atoms with Crippen LogP contribution in [0.5, 0.6) is 0 Å². The quantitative estimate of drug-likeness (QED) is 0.817. The fourth-order valence-electron chi connectivity index (χ4n) is 2.30. The minimum atomic E-state index is -0.762. The fraction of sp³-hybridized carbons (Fsp3) is 0.600. The van der Waals surface area contributed by atoms with E-state index < -0.39 is 11.6 Å². The summed E-state index contributed by atoms with van der Waals surface area (Å²) in [7, 11) is 0. The van der Waals surface area contributed by atoms with Crippen molar-refractivity contribution in [1.29, 1.82) is 0 Å². The number of hydrogen-bond acceptors (Lipinski definition) is 1. The fourth-order valence-corrected chi connectivity index (χ4v) is 2.30. The Bertz CT molecular complexity index is 411. The Morgan fingerprint density at radius 3 is 2.50 bits per heavy atom. The van der Waals surface area contributed by atoms with Gasteiger partial charge in [-0.05, 0) is 54.8 Å². The molecule has 1 nitrogen and oxygen atoms in total. The maximum atomic E-state index is 13.1. The predicted molar refractivity (Wildman–Crippen MR) is 69.4 cm³/mol. The zero-order valence-electron chi connectivity index (χ0n) is 11.1. The number of rotatable bonds is 6. The third-order valence-corrected chi connectivity index (χ3v) is 3.57. The maximum Gasteiger partial charge on any atom is 0.159 e. The molecule has 0 amide bonds. The average molecular weight is 253 g/mol. The van der Waals surface area contributed by atoms with Crippen LogP contribution in [0.4, 0.5) is 8.78 Å². The van der Waals surface area contributed by atoms with Gasteiger partial charge in [-0.25, -0.2) is 8.78 Å². The molecule has 0 spiro atoms. The Labute approximate surface area is 108 Å². The van der Waals surface area contributed by atoms with Crippen molar-refractivity contribution < 1.29 is 8.78 Å². The summed E-state index contributed by atoms with van der Waals surface area (Å²) in [6, 6.07) is 4.25. The molecule has 1 aliphatic rings. The Morgan fingerprint density at radius 2 is 1.94 bits per heavy atom. The van der Waals surface area contributed by atoms with Crippen LogP contribution in [0.15, 0.2) is 18.2 Å². The minimum Gasteiger partial charge on any atom is -0.316 e. The summed E-state index contributed by atoms with van der Waals surface area (Å²) in [5, 5.41) is 3.47. The van der Waals surface area contributed by atoms with E-state index in [2.05, 4.69) is 19.2 Å². The first-order valence-electron chi connectivity index (χ1n) is 6.65. The Kier molecular flexibility index (Phi) is 4.00. The Hall–Kier alpha value is -0.960. The molecule has 2 rings (SSSR count). The van der Waals surface area contributed by atoms with E-state index in [1.54, 1.807) is 6.07 Å². The lowest BCUT2D eigenvalue weighted by Gasteiger charge is -2.17. The van der Waals surface area contributed by atoms with Crippen molar-refractivity contribution in [2.45, 2.75) is 33.1 Å². The molecular formula is C15H21F2N. The zero-order valence-corrected chi connectivity index (χ0v) is 11.1. The minimum absolute atomic E-state index is 0.277. The number of nitrogens with one attached hydrogen (secondary N) is 1. The van der Waals surface area contributed by atoms with E-state index in [4.69, 9.17) is 0 Å². The van der Waals surface area contributed by atoms with Crippen LogP contribution in [0.25, 0.3) is 0 Å². The highest BCUT2D eigenvalue weighted by atomic mass is 19.2. The normalized spacial score (nSPS) is 17.2. The van der Waals surface area contributed by atoms with E-state index in [1.807, 2.05) is 0 Å². The molecule has 1 saturated carbocycles. The summed E-state index contributed by atoms with van der Waals surface area (Å²) >= 11 is 0. The van der Waals surface area contributed by atoms with Gasteiger partial charge in [-0.15, -0.1) is 0 Å². The first-order valence-corrected chi connectivity index (χ1v) is 6.65. The summed E-state index contributed by atoms with van der Waals surface area (Å²) in [5.74, 6) is -0.857. The second-order valence-electron chi connectivity index (χ2n) is 5.95. The van der Waals surface area contributed by atoms with Gasteiger partial charge in [-0.2, -0.15) is 0 Å². The molecule has 1 aliphatic carbocycles. The molecule has 0 bridgehead atoms. The van der Waals surface area contributed by atoms with E-state index in [1.165, 1.54) is 25.0 Å². The highest BCUT2D eigenvalue weighted by Gasteiger charge is 2.41. The van der Waals surface area contributed by atoms with Gasteiger partial charge in [0.15, 0.2) is 11.6 Å². The molecule has 0 aliphatic heterocycles. The molecule has 100 valence electrons. The SMILES string of the molecule is CC(C)CNCC1(Cc2ccc(F)c(F)c2)CC1. The lowest BCUT2D eigenvalue weighted by molar-refractivity contribution is 0.430. The lowest BCUT2D eigenvalue weighted by atomic mass is 9.96. The topological polar surface area (TPSA) is 12.0 Å². The number of benzene rings is 1. The van der Waals surface area contributed by atoms with E-state index in [0.29, 0.717) is 5.92 Å². The molecule has 0 radical (unpaired) electrons. The van der Waals surface area contributed by atoms with Crippen LogP contribution in [0.3, 0.4) is 0 Å². The van der Waals surface area contributed by atoms with Crippen LogP contribution in [0.2, 0.25) is 0 Å². The molecule has 0 aromatic heterocycles. The van der Waals surface area contributed by atoms with Gasteiger partial charge in [0.2, 0.25) is 0 Å². The Morgan fingerprint density at radius 1 is 1.22 bits per heavy atom. The van der Waals surface area contributed by atoms with Crippen molar-refractivity contribution in [2.24, 2.45) is 11.3 Å². The lowest BCUT2D eigenvalue weighted by Crippen LogP contribution is -2.28. The van der Waals surface area contributed by atoms with Crippen LogP contribution in [-0.4, -0.2) is 13.1 Å². The highest BCUT2D eigenvalue weighted by Crippen LogP contribution is 2.47. The van der Waals surface area contributed by atoms with Crippen molar-refractivity contribution >= 4 is 0 Å². The monoisotopic (exact) mass is 253 g/mol. The van der Waals surface area contributed by atoms with E-state index >= 15 is 0 Å². The van der Waals surface area contributed by atoms with Crippen molar-refractivity contribution in [1.82, 2.24) is 5.32 Å². The molecule has 3 heteroatoms. The van der Waals surface area contributed by atoms with Gasteiger partial charge in [-0.1, -0.05) is 19.9 Å². The van der Waals surface area contributed by atoms with Crippen LogP contribution >= 0.6 is 0 Å². The smallest absolute Gasteiger partial charge is 0.159 e. The van der Waals surface area contributed by atoms with Crippen molar-refractivity contribution in [3.63, 3.8) is 0 Å². The summed E-state index contributed by atoms with van der Waals surface area (Å²) < 4.78 is 26.0. The van der Waals surface area contributed by atoms with Gasteiger partial charge in [0, 0.05) is 6.54 Å². The van der Waals surface area contributed by atoms with Crippen LogP contribution in [-0.2, 0) is 6.42 Å². The maximum absolute atomic E-state index is 13.1. The van der Waals surface area contributed by atoms with Gasteiger partial charge in [0.1, 0.15) is 0 Å². The number of halogens is 2. The molecule has 0 heterocycles. The second-order valence-corrected chi connectivity index (χ2v) is 5.95. The summed E-state index contributed by atoms with van der Waals surface area (Å²) in [5.41, 5.74) is 1.18. The predicted octanol–water partition coefficient (Wildman–Crippen LogP) is 3.53. The molecular weight excluding hydrogens is 232 g/mol. The molecule has 1 aromatic carbocycles. The van der Waals surface area contributed by atoms with Crippen molar-refractivity contribution in [2.75, 3.05) is 13.1 Å². The Balaban J connectivity index is 1.90. The van der Waals surface area contributed by atoms with Crippen molar-refractivity contribution in [3.8, 4) is 0 Å². The van der Waals surface area contributed by atoms with E-state index in [9.17, 15) is 8.78 Å². The third kappa shape index (κ3) is 3.52. The number of hydrogen-bond donors (Lipinski definition) is 1. The van der Waals surface area contributed by atoms with Gasteiger partial charge in [0.25, 0.3) is 0 Å². The summed E-state index contributed by atoms with van der Waals surface area (Å²) in [6.45, 7) is 6.35. The molecule has 0 atom stereocenters. The molecule has 0 saturated heterocycles. The van der Waals surface area contributed by atoms with E-state index in [-0.39, 0.29) is 5.41 Å². The molecule has 1 aromatic rings. The molecule has 18 heavy (non-hydrogen) atoms. The summed E-state index contributed by atoms with van der Waals surface area (Å²) in [6.07, 6.45) is 3.20. The first-order chi connectivity index (χ1) is 8.51. The molecule has 1 N–H and O–H groups in total. The third-order valence-electron chi connectivity index (χ3n) is 3.57. The first kappa shape index (κ1) is 13.5. The molecule has 0 unspecified atom stereocenters. The van der Waals surface area contributed by atoms with Crippen LogP contribution in [0, 0.1) is 23.0 Å². The van der Waals surface area contributed by atoms with Gasteiger partial charge in [-0.3, -0.25) is 0 Å². The second kappa shape index (κ2) is 5.35. The van der Waals surface area contributed by atoms with Crippen LogP contribution < -0.4 is 5.32 Å². The highest BCUT2D eigenvalue weighted by molar-refractivity contribution is 5.21. The van der Waals surface area contributed by atoms with Gasteiger partial charge >= 0.3 is 0 Å². The standard InChI is InChI=1S/C15H21F2N/c1-11(2)9-18-10-15(5-6-15)8-12-3-4-13(16)14(17)7-12/h3-4,7,11,18H,5-6,8-10H2,1-2H3. The van der Waals surface area contributed by atoms with Gasteiger partial charge < -0.3 is 5.32 Å². The average Bonchev–Trinajstić information content (AvgIpc) is 3.03. The largest absolute Gasteiger partial charge is 0.316 e. The van der Waals surface area contributed by atoms with Gasteiger partial charge in [0.05, 0.1) is 0 Å². The van der Waals surface area contributed by atoms with Crippen molar-refractivity contribution in [3.05, 3.63) is 35.4 Å². The van der Waals surface area contributed by atoms with E-state index in [0.717, 1.165) is 25.1 Å². The summed E-state index contributed by atoms with van der Waals surface area (Å²) in [4.78, 5) is 0. The van der Waals surface area contributed by atoms with Crippen LogP contribution in [0.1, 0.15) is 32.3 Å². The molecule has 1 fully saturated rings.